The standard InChI is InChI=1S/C31H35N3/c1-34(2)30(24-13-7-4-8-14-24)18-19-31(25(22-30)21-23-11-5-3-6-12-23)29-27(17-20-32-31)26-15-9-10-16-28(26)33-29/h3-16,25,32-33H,17-22H2,1-2H3. The van der Waals surface area contributed by atoms with E-state index in [4.69, 9.17) is 0 Å². The summed E-state index contributed by atoms with van der Waals surface area (Å²) in [6.07, 6.45) is 5.55. The minimum absolute atomic E-state index is 0.0310. The van der Waals surface area contributed by atoms with Crippen LogP contribution in [0.15, 0.2) is 84.9 Å². The fraction of sp³-hybridized carbons (Fsp3) is 0.355. The Morgan fingerprint density at radius 1 is 0.853 bits per heavy atom. The molecule has 1 aliphatic heterocycles. The fourth-order valence-electron chi connectivity index (χ4n) is 7.01. The number of aromatic nitrogens is 1. The third-order valence-electron chi connectivity index (χ3n) is 8.78. The molecule has 2 N–H and O–H groups in total. The van der Waals surface area contributed by atoms with Crippen molar-refractivity contribution in [2.45, 2.75) is 43.2 Å². The number of hydrogen-bond donors (Lipinski definition) is 2. The molecule has 3 heteroatoms. The Morgan fingerprint density at radius 2 is 1.56 bits per heavy atom. The van der Waals surface area contributed by atoms with Crippen LogP contribution in [0.25, 0.3) is 10.9 Å². The van der Waals surface area contributed by atoms with Crippen LogP contribution >= 0.6 is 0 Å². The maximum Gasteiger partial charge on any atom is 0.0623 e. The second-order valence-corrected chi connectivity index (χ2v) is 10.6. The number of rotatable bonds is 4. The topological polar surface area (TPSA) is 31.1 Å². The summed E-state index contributed by atoms with van der Waals surface area (Å²) in [5, 5.41) is 5.51. The third-order valence-corrected chi connectivity index (χ3v) is 8.78. The number of nitrogens with zero attached hydrogens (tertiary/aromatic N) is 1. The molecule has 0 radical (unpaired) electrons. The maximum atomic E-state index is 4.10. The van der Waals surface area contributed by atoms with Gasteiger partial charge in [0.25, 0.3) is 0 Å². The lowest BCUT2D eigenvalue weighted by Gasteiger charge is -2.56. The van der Waals surface area contributed by atoms with E-state index < -0.39 is 0 Å². The highest BCUT2D eigenvalue weighted by atomic mass is 15.2. The lowest BCUT2D eigenvalue weighted by atomic mass is 9.59. The van der Waals surface area contributed by atoms with E-state index in [0.717, 1.165) is 38.6 Å². The Hall–Kier alpha value is -2.88. The lowest BCUT2D eigenvalue weighted by Crippen LogP contribution is -2.60. The second kappa shape index (κ2) is 8.41. The average molecular weight is 450 g/mol. The molecule has 3 unspecified atom stereocenters. The summed E-state index contributed by atoms with van der Waals surface area (Å²) in [6, 6.07) is 31.2. The van der Waals surface area contributed by atoms with E-state index >= 15 is 0 Å². The van der Waals surface area contributed by atoms with Gasteiger partial charge in [0.1, 0.15) is 0 Å². The van der Waals surface area contributed by atoms with Crippen LogP contribution in [0.5, 0.6) is 0 Å². The first-order chi connectivity index (χ1) is 16.6. The summed E-state index contributed by atoms with van der Waals surface area (Å²) in [6.45, 7) is 1.04. The molecule has 1 spiro atoms. The summed E-state index contributed by atoms with van der Waals surface area (Å²) < 4.78 is 0. The first-order valence-electron chi connectivity index (χ1n) is 12.7. The van der Waals surface area contributed by atoms with E-state index in [1.165, 1.54) is 33.3 Å². The van der Waals surface area contributed by atoms with E-state index in [9.17, 15) is 0 Å². The van der Waals surface area contributed by atoms with E-state index in [1.807, 2.05) is 0 Å². The molecule has 3 aromatic carbocycles. The normalized spacial score (nSPS) is 26.7. The van der Waals surface area contributed by atoms with Crippen LogP contribution in [0.1, 0.15) is 41.6 Å². The van der Waals surface area contributed by atoms with Crippen molar-refractivity contribution in [2.24, 2.45) is 5.92 Å². The Balaban J connectivity index is 1.50. The molecule has 174 valence electrons. The SMILES string of the molecule is CN(C)C1(c2ccccc2)CCC2(NCCc3c2[nH]c2ccccc32)C(Cc2ccccc2)C1. The van der Waals surface area contributed by atoms with Crippen LogP contribution in [-0.2, 0) is 23.9 Å². The van der Waals surface area contributed by atoms with E-state index in [1.54, 1.807) is 0 Å². The molecule has 2 heterocycles. The van der Waals surface area contributed by atoms with Crippen LogP contribution in [0, 0.1) is 5.92 Å². The van der Waals surface area contributed by atoms with E-state index in [0.29, 0.717) is 5.92 Å². The summed E-state index contributed by atoms with van der Waals surface area (Å²) >= 11 is 0. The van der Waals surface area contributed by atoms with Gasteiger partial charge in [0.15, 0.2) is 0 Å². The summed E-state index contributed by atoms with van der Waals surface area (Å²) in [7, 11) is 4.54. The molecule has 6 rings (SSSR count). The van der Waals surface area contributed by atoms with Gasteiger partial charge < -0.3 is 10.3 Å². The van der Waals surface area contributed by atoms with Crippen LogP contribution < -0.4 is 5.32 Å². The molecule has 3 atom stereocenters. The first kappa shape index (κ1) is 21.6. The Kier molecular flexibility index (Phi) is 5.35. The zero-order valence-corrected chi connectivity index (χ0v) is 20.4. The van der Waals surface area contributed by atoms with Crippen molar-refractivity contribution in [2.75, 3.05) is 20.6 Å². The van der Waals surface area contributed by atoms with Gasteiger partial charge in [-0.1, -0.05) is 78.9 Å². The summed E-state index contributed by atoms with van der Waals surface area (Å²) in [5.74, 6) is 0.471. The highest BCUT2D eigenvalue weighted by molar-refractivity contribution is 5.85. The smallest absolute Gasteiger partial charge is 0.0623 e. The van der Waals surface area contributed by atoms with Crippen LogP contribution in [0.4, 0.5) is 0 Å². The number of aromatic amines is 1. The van der Waals surface area contributed by atoms with Gasteiger partial charge in [0.2, 0.25) is 0 Å². The maximum absolute atomic E-state index is 4.10. The largest absolute Gasteiger partial charge is 0.357 e. The number of H-pyrrole nitrogens is 1. The van der Waals surface area contributed by atoms with Crippen molar-refractivity contribution in [1.82, 2.24) is 15.2 Å². The van der Waals surface area contributed by atoms with Crippen molar-refractivity contribution in [3.63, 3.8) is 0 Å². The zero-order chi connectivity index (χ0) is 23.2. The molecule has 34 heavy (non-hydrogen) atoms. The van der Waals surface area contributed by atoms with Crippen molar-refractivity contribution >= 4 is 10.9 Å². The van der Waals surface area contributed by atoms with Gasteiger partial charge >= 0.3 is 0 Å². The van der Waals surface area contributed by atoms with Crippen LogP contribution in [-0.4, -0.2) is 30.5 Å². The third kappa shape index (κ3) is 3.33. The van der Waals surface area contributed by atoms with Gasteiger partial charge in [-0.3, -0.25) is 4.90 Å². The van der Waals surface area contributed by atoms with Crippen molar-refractivity contribution in [3.8, 4) is 0 Å². The average Bonchev–Trinajstić information content (AvgIpc) is 3.27. The summed E-state index contributed by atoms with van der Waals surface area (Å²) in [4.78, 5) is 6.40. The van der Waals surface area contributed by atoms with Gasteiger partial charge in [-0.05, 0) is 74.9 Å². The monoisotopic (exact) mass is 449 g/mol. The van der Waals surface area contributed by atoms with Crippen LogP contribution in [0.3, 0.4) is 0 Å². The Morgan fingerprint density at radius 3 is 2.32 bits per heavy atom. The quantitative estimate of drug-likeness (QED) is 0.400. The van der Waals surface area contributed by atoms with Gasteiger partial charge in [-0.25, -0.2) is 0 Å². The lowest BCUT2D eigenvalue weighted by molar-refractivity contribution is 0.00238. The van der Waals surface area contributed by atoms with Crippen LogP contribution in [0.2, 0.25) is 0 Å². The molecule has 0 amide bonds. The number of para-hydroxylation sites is 1. The number of fused-ring (bicyclic) bond motifs is 4. The minimum Gasteiger partial charge on any atom is -0.357 e. The molecule has 0 saturated heterocycles. The molecular weight excluding hydrogens is 414 g/mol. The molecule has 3 nitrogen and oxygen atoms in total. The molecule has 1 fully saturated rings. The molecule has 2 aliphatic rings. The highest BCUT2D eigenvalue weighted by Crippen LogP contribution is 2.54. The molecule has 4 aromatic rings. The predicted molar refractivity (Wildman–Crippen MR) is 141 cm³/mol. The predicted octanol–water partition coefficient (Wildman–Crippen LogP) is 6.01. The number of benzene rings is 3. The number of nitrogens with one attached hydrogen (secondary N) is 2. The van der Waals surface area contributed by atoms with E-state index in [2.05, 4.69) is 114 Å². The van der Waals surface area contributed by atoms with Crippen molar-refractivity contribution < 1.29 is 0 Å². The molecule has 1 aromatic heterocycles. The Bertz CT molecular complexity index is 1280. The minimum atomic E-state index is -0.0310. The fourth-order valence-corrected chi connectivity index (χ4v) is 7.01. The zero-order valence-electron chi connectivity index (χ0n) is 20.4. The van der Waals surface area contributed by atoms with Crippen molar-refractivity contribution in [1.29, 1.82) is 0 Å². The summed E-state index contributed by atoms with van der Waals surface area (Å²) in [5.41, 5.74) is 7.14. The molecule has 1 saturated carbocycles. The van der Waals surface area contributed by atoms with Gasteiger partial charge in [0, 0.05) is 28.7 Å². The van der Waals surface area contributed by atoms with Crippen molar-refractivity contribution in [3.05, 3.63) is 107 Å². The van der Waals surface area contributed by atoms with Gasteiger partial charge in [-0.15, -0.1) is 0 Å². The number of hydrogen-bond acceptors (Lipinski definition) is 2. The molecule has 0 bridgehead atoms. The molecule has 1 aliphatic carbocycles. The molecular formula is C31H35N3. The Labute approximate surface area is 203 Å². The van der Waals surface area contributed by atoms with Gasteiger partial charge in [0.05, 0.1) is 5.54 Å². The van der Waals surface area contributed by atoms with Gasteiger partial charge in [-0.2, -0.15) is 0 Å². The first-order valence-corrected chi connectivity index (χ1v) is 12.7. The van der Waals surface area contributed by atoms with E-state index in [-0.39, 0.29) is 11.1 Å². The second-order valence-electron chi connectivity index (χ2n) is 10.6. The highest BCUT2D eigenvalue weighted by Gasteiger charge is 2.53.